The van der Waals surface area contributed by atoms with Crippen molar-refractivity contribution >= 4 is 15.9 Å². The van der Waals surface area contributed by atoms with Crippen LogP contribution in [-0.2, 0) is 10.0 Å². The molecule has 3 aliphatic rings. The molecule has 140 valence electrons. The number of methoxy groups -OCH3 is 1. The van der Waals surface area contributed by atoms with Gasteiger partial charge in [0.15, 0.2) is 0 Å². The minimum absolute atomic E-state index is 0.0287. The number of ether oxygens (including phenoxy) is 1. The molecule has 6 nitrogen and oxygen atoms in total. The van der Waals surface area contributed by atoms with Crippen LogP contribution < -0.4 is 10.5 Å². The van der Waals surface area contributed by atoms with Gasteiger partial charge in [0.1, 0.15) is 5.75 Å². The van der Waals surface area contributed by atoms with Gasteiger partial charge in [-0.05, 0) is 63.1 Å². The molecule has 2 bridgehead atoms. The van der Waals surface area contributed by atoms with Crippen molar-refractivity contribution in [3.8, 4) is 5.75 Å². The molecule has 2 atom stereocenters. The second-order valence-corrected chi connectivity index (χ2v) is 9.26. The number of hydrogen-bond donors (Lipinski definition) is 1. The van der Waals surface area contributed by atoms with Gasteiger partial charge in [-0.1, -0.05) is 11.1 Å². The summed E-state index contributed by atoms with van der Waals surface area (Å²) in [6.07, 6.45) is 7.13. The Labute approximate surface area is 154 Å². The lowest BCUT2D eigenvalue weighted by atomic mass is 9.83. The number of allylic oxidation sites excluding steroid dienone is 1. The maximum Gasteiger partial charge on any atom is 0.252 e. The van der Waals surface area contributed by atoms with E-state index in [1.165, 1.54) is 50.1 Å². The molecule has 2 N–H and O–H groups in total. The number of benzene rings is 1. The van der Waals surface area contributed by atoms with Crippen LogP contribution in [0, 0.1) is 0 Å². The van der Waals surface area contributed by atoms with Crippen LogP contribution in [0.3, 0.4) is 0 Å². The van der Waals surface area contributed by atoms with Crippen LogP contribution in [0.1, 0.15) is 55.3 Å². The van der Waals surface area contributed by atoms with Gasteiger partial charge >= 0.3 is 0 Å². The average molecular weight is 376 g/mol. The first-order chi connectivity index (χ1) is 12.4. The van der Waals surface area contributed by atoms with E-state index in [1.54, 1.807) is 9.88 Å². The van der Waals surface area contributed by atoms with Gasteiger partial charge in [0, 0.05) is 12.1 Å². The minimum Gasteiger partial charge on any atom is -0.496 e. The fourth-order valence-electron chi connectivity index (χ4n) is 4.52. The number of hydrogen-bond acceptors (Lipinski definition) is 4. The lowest BCUT2D eigenvalue weighted by Gasteiger charge is -2.37. The van der Waals surface area contributed by atoms with Gasteiger partial charge in [-0.2, -0.15) is 4.31 Å². The van der Waals surface area contributed by atoms with Crippen LogP contribution >= 0.6 is 0 Å². The Kier molecular flexibility index (Phi) is 4.31. The van der Waals surface area contributed by atoms with Crippen LogP contribution in [0.4, 0.5) is 0 Å². The largest absolute Gasteiger partial charge is 0.496 e. The van der Waals surface area contributed by atoms with Crippen molar-refractivity contribution in [3.05, 3.63) is 34.9 Å². The van der Waals surface area contributed by atoms with E-state index in [-0.39, 0.29) is 28.3 Å². The van der Waals surface area contributed by atoms with Crippen molar-refractivity contribution in [1.29, 1.82) is 0 Å². The van der Waals surface area contributed by atoms with Gasteiger partial charge in [0.05, 0.1) is 17.6 Å². The fourth-order valence-corrected chi connectivity index (χ4v) is 6.42. The number of rotatable bonds is 4. The molecule has 7 heteroatoms. The van der Waals surface area contributed by atoms with Gasteiger partial charge in [-0.15, -0.1) is 0 Å². The van der Waals surface area contributed by atoms with Crippen molar-refractivity contribution in [3.63, 3.8) is 0 Å². The predicted molar refractivity (Wildman–Crippen MR) is 97.5 cm³/mol. The molecule has 1 aliphatic carbocycles. The van der Waals surface area contributed by atoms with Gasteiger partial charge in [-0.3, -0.25) is 4.79 Å². The van der Waals surface area contributed by atoms with E-state index in [0.29, 0.717) is 0 Å². The Balaban J connectivity index is 1.68. The molecule has 2 heterocycles. The van der Waals surface area contributed by atoms with E-state index in [2.05, 4.69) is 0 Å². The van der Waals surface area contributed by atoms with Crippen molar-refractivity contribution < 1.29 is 17.9 Å². The molecule has 3 fully saturated rings. The highest BCUT2D eigenvalue weighted by Gasteiger charge is 2.46. The number of nitrogens with two attached hydrogens (primary N) is 1. The molecule has 4 rings (SSSR count). The predicted octanol–water partition coefficient (Wildman–Crippen LogP) is 2.59. The quantitative estimate of drug-likeness (QED) is 0.818. The standard InChI is InChI=1S/C19H24N2O4S/c1-25-18-8-7-16(11-17(18)19(20)22)26(23,24)21-14-5-6-15(21)10-13(9-14)12-3-2-4-12/h7-8,11,14-15H,2-6,9-10H2,1H3,(H2,20,22). The highest BCUT2D eigenvalue weighted by Crippen LogP contribution is 2.45. The molecule has 1 aromatic carbocycles. The van der Waals surface area contributed by atoms with E-state index in [0.717, 1.165) is 25.7 Å². The zero-order valence-electron chi connectivity index (χ0n) is 14.9. The molecule has 2 saturated heterocycles. The molecule has 1 saturated carbocycles. The molecular weight excluding hydrogens is 352 g/mol. The lowest BCUT2D eigenvalue weighted by Crippen LogP contribution is -2.45. The molecule has 1 aromatic rings. The first-order valence-corrected chi connectivity index (χ1v) is 10.6. The van der Waals surface area contributed by atoms with Crippen molar-refractivity contribution in [1.82, 2.24) is 4.31 Å². The summed E-state index contributed by atoms with van der Waals surface area (Å²) in [7, 11) is -2.24. The number of carbonyl (C=O) groups is 1. The highest BCUT2D eigenvalue weighted by molar-refractivity contribution is 7.89. The molecule has 26 heavy (non-hydrogen) atoms. The summed E-state index contributed by atoms with van der Waals surface area (Å²) in [4.78, 5) is 11.8. The Hall–Kier alpha value is -1.86. The van der Waals surface area contributed by atoms with Gasteiger partial charge in [0.2, 0.25) is 10.0 Å². The summed E-state index contributed by atoms with van der Waals surface area (Å²) < 4.78 is 33.4. The number of fused-ring (bicyclic) bond motifs is 2. The molecule has 0 radical (unpaired) electrons. The van der Waals surface area contributed by atoms with Gasteiger partial charge in [-0.25, -0.2) is 8.42 Å². The second kappa shape index (κ2) is 6.39. The SMILES string of the molecule is COc1ccc(S(=O)(=O)N2C3CCC2CC(=C2CCC2)C3)cc1C(N)=O. The zero-order valence-corrected chi connectivity index (χ0v) is 15.7. The minimum atomic E-state index is -3.67. The summed E-state index contributed by atoms with van der Waals surface area (Å²) in [5, 5.41) is 0. The molecule has 0 spiro atoms. The van der Waals surface area contributed by atoms with Crippen LogP contribution in [0.15, 0.2) is 34.2 Å². The summed E-state index contributed by atoms with van der Waals surface area (Å²) >= 11 is 0. The van der Waals surface area contributed by atoms with Crippen LogP contribution in [0.2, 0.25) is 0 Å². The first kappa shape index (κ1) is 17.5. The van der Waals surface area contributed by atoms with Crippen LogP contribution in [0.5, 0.6) is 5.75 Å². The molecular formula is C19H24N2O4S. The Bertz CT molecular complexity index is 869. The van der Waals surface area contributed by atoms with Crippen molar-refractivity contribution in [2.45, 2.75) is 61.9 Å². The van der Waals surface area contributed by atoms with Crippen molar-refractivity contribution in [2.75, 3.05) is 7.11 Å². The van der Waals surface area contributed by atoms with E-state index in [4.69, 9.17) is 10.5 Å². The Morgan fingerprint density at radius 1 is 1.15 bits per heavy atom. The maximum atomic E-state index is 13.3. The maximum absolute atomic E-state index is 13.3. The first-order valence-electron chi connectivity index (χ1n) is 9.13. The second-order valence-electron chi connectivity index (χ2n) is 7.42. The van der Waals surface area contributed by atoms with E-state index < -0.39 is 15.9 Å². The zero-order chi connectivity index (χ0) is 18.5. The molecule has 2 unspecified atom stereocenters. The number of nitrogens with zero attached hydrogens (tertiary/aromatic N) is 1. The van der Waals surface area contributed by atoms with Crippen LogP contribution in [-0.4, -0.2) is 37.8 Å². The topological polar surface area (TPSA) is 89.7 Å². The summed E-state index contributed by atoms with van der Waals surface area (Å²) in [6, 6.07) is 4.40. The van der Waals surface area contributed by atoms with E-state index >= 15 is 0 Å². The number of primary amides is 1. The fraction of sp³-hybridized carbons (Fsp3) is 0.526. The number of piperidine rings is 1. The summed E-state index contributed by atoms with van der Waals surface area (Å²) in [6.45, 7) is 0. The third kappa shape index (κ3) is 2.74. The third-order valence-corrected chi connectivity index (χ3v) is 7.99. The average Bonchev–Trinajstić information content (AvgIpc) is 2.85. The van der Waals surface area contributed by atoms with E-state index in [1.807, 2.05) is 0 Å². The molecule has 0 aromatic heterocycles. The Morgan fingerprint density at radius 3 is 2.31 bits per heavy atom. The monoisotopic (exact) mass is 376 g/mol. The van der Waals surface area contributed by atoms with E-state index in [9.17, 15) is 13.2 Å². The van der Waals surface area contributed by atoms with Gasteiger partial charge in [0.25, 0.3) is 5.91 Å². The number of carbonyl (C=O) groups excluding carboxylic acids is 1. The third-order valence-electron chi connectivity index (χ3n) is 5.99. The Morgan fingerprint density at radius 2 is 1.81 bits per heavy atom. The molecule has 2 aliphatic heterocycles. The normalized spacial score (nSPS) is 25.9. The van der Waals surface area contributed by atoms with Gasteiger partial charge < -0.3 is 10.5 Å². The highest BCUT2D eigenvalue weighted by atomic mass is 32.2. The summed E-state index contributed by atoms with van der Waals surface area (Å²) in [5.74, 6) is -0.410. The number of amides is 1. The number of sulfonamides is 1. The molecule has 1 amide bonds. The van der Waals surface area contributed by atoms with Crippen LogP contribution in [0.25, 0.3) is 0 Å². The van der Waals surface area contributed by atoms with Crippen molar-refractivity contribution in [2.24, 2.45) is 5.73 Å². The summed E-state index contributed by atoms with van der Waals surface area (Å²) in [5.41, 5.74) is 8.52. The smallest absolute Gasteiger partial charge is 0.252 e. The lowest BCUT2D eigenvalue weighted by molar-refractivity contribution is 0.0997.